The van der Waals surface area contributed by atoms with Crippen LogP contribution in [-0.4, -0.2) is 30.9 Å². The molecule has 3 aromatic carbocycles. The monoisotopic (exact) mass is 469 g/mol. The second kappa shape index (κ2) is 13.3. The Morgan fingerprint density at radius 1 is 0.829 bits per heavy atom. The van der Waals surface area contributed by atoms with Gasteiger partial charge in [-0.15, -0.1) is 0 Å². The lowest BCUT2D eigenvalue weighted by atomic mass is 9.88. The lowest BCUT2D eigenvalue weighted by Gasteiger charge is -2.22. The molecule has 184 valence electrons. The van der Waals surface area contributed by atoms with Crippen LogP contribution in [0.15, 0.2) is 84.9 Å². The summed E-state index contributed by atoms with van der Waals surface area (Å²) in [6.07, 6.45) is 7.13. The maximum absolute atomic E-state index is 10.4. The van der Waals surface area contributed by atoms with Crippen LogP contribution >= 0.6 is 0 Å². The number of ether oxygens (including phenoxy) is 1. The van der Waals surface area contributed by atoms with Crippen molar-refractivity contribution in [1.29, 1.82) is 0 Å². The maximum atomic E-state index is 10.4. The highest BCUT2D eigenvalue weighted by Gasteiger charge is 2.15. The molecule has 1 atom stereocenters. The van der Waals surface area contributed by atoms with Crippen molar-refractivity contribution in [2.24, 2.45) is 5.92 Å². The third kappa shape index (κ3) is 7.30. The van der Waals surface area contributed by atoms with E-state index in [2.05, 4.69) is 85.0 Å². The van der Waals surface area contributed by atoms with Gasteiger partial charge in [-0.05, 0) is 71.7 Å². The highest BCUT2D eigenvalue weighted by atomic mass is 16.5. The van der Waals surface area contributed by atoms with Crippen LogP contribution < -0.4 is 10.1 Å². The van der Waals surface area contributed by atoms with Gasteiger partial charge in [-0.2, -0.15) is 0 Å². The molecule has 0 heterocycles. The van der Waals surface area contributed by atoms with Crippen LogP contribution in [0.4, 0.5) is 0 Å². The van der Waals surface area contributed by atoms with Crippen LogP contribution in [0.25, 0.3) is 11.1 Å². The fraction of sp³-hybridized carbons (Fsp3) is 0.375. The van der Waals surface area contributed by atoms with E-state index in [0.29, 0.717) is 13.2 Å². The minimum absolute atomic E-state index is 0.294. The first-order chi connectivity index (χ1) is 17.2. The molecule has 1 saturated carbocycles. The molecule has 0 bridgehead atoms. The summed E-state index contributed by atoms with van der Waals surface area (Å²) in [6, 6.07) is 29.5. The van der Waals surface area contributed by atoms with Gasteiger partial charge in [-0.25, -0.2) is 0 Å². The van der Waals surface area contributed by atoms with Gasteiger partial charge in [0.15, 0.2) is 0 Å². The molecular weight excluding hydrogens is 430 g/mol. The SMILES string of the molecule is CC/C(=C(\c1ccccc1)c1ccc(OCC(O)CNCC2CCCCC2)cc1)c1ccccc1. The van der Waals surface area contributed by atoms with Crippen LogP contribution in [0.1, 0.15) is 62.1 Å². The maximum Gasteiger partial charge on any atom is 0.119 e. The number of aliphatic hydroxyl groups is 1. The van der Waals surface area contributed by atoms with Gasteiger partial charge in [-0.1, -0.05) is 99.0 Å². The number of allylic oxidation sites excluding steroid dienone is 1. The molecule has 0 amide bonds. The van der Waals surface area contributed by atoms with Gasteiger partial charge < -0.3 is 15.2 Å². The first-order valence-electron chi connectivity index (χ1n) is 13.2. The summed E-state index contributed by atoms with van der Waals surface area (Å²) in [5.74, 6) is 1.55. The Bertz CT molecular complexity index is 1040. The Morgan fingerprint density at radius 3 is 2.06 bits per heavy atom. The van der Waals surface area contributed by atoms with Gasteiger partial charge in [0.1, 0.15) is 18.5 Å². The first kappa shape index (κ1) is 25.2. The molecule has 3 nitrogen and oxygen atoms in total. The van der Waals surface area contributed by atoms with Crippen LogP contribution in [0.5, 0.6) is 5.75 Å². The van der Waals surface area contributed by atoms with Gasteiger partial charge in [0, 0.05) is 6.54 Å². The van der Waals surface area contributed by atoms with Gasteiger partial charge in [0.05, 0.1) is 0 Å². The summed E-state index contributed by atoms with van der Waals surface area (Å²) in [5.41, 5.74) is 6.20. The lowest BCUT2D eigenvalue weighted by molar-refractivity contribution is 0.105. The highest BCUT2D eigenvalue weighted by Crippen LogP contribution is 2.34. The van der Waals surface area contributed by atoms with E-state index in [-0.39, 0.29) is 0 Å². The average Bonchev–Trinajstić information content (AvgIpc) is 2.92. The molecule has 3 aromatic rings. The van der Waals surface area contributed by atoms with Crippen molar-refractivity contribution < 1.29 is 9.84 Å². The minimum Gasteiger partial charge on any atom is -0.491 e. The summed E-state index contributed by atoms with van der Waals surface area (Å²) in [6.45, 7) is 4.09. The lowest BCUT2D eigenvalue weighted by Crippen LogP contribution is -2.34. The molecule has 0 aliphatic heterocycles. The van der Waals surface area contributed by atoms with Crippen LogP contribution in [0.3, 0.4) is 0 Å². The number of rotatable bonds is 11. The molecule has 35 heavy (non-hydrogen) atoms. The molecule has 0 radical (unpaired) electrons. The predicted octanol–water partition coefficient (Wildman–Crippen LogP) is 6.97. The van der Waals surface area contributed by atoms with E-state index in [1.165, 1.54) is 59.9 Å². The minimum atomic E-state index is -0.511. The normalized spacial score (nSPS) is 15.9. The topological polar surface area (TPSA) is 41.5 Å². The molecular formula is C32H39NO2. The number of benzene rings is 3. The second-order valence-electron chi connectivity index (χ2n) is 9.59. The number of aliphatic hydroxyl groups excluding tert-OH is 1. The molecule has 3 heteroatoms. The highest BCUT2D eigenvalue weighted by molar-refractivity contribution is 5.98. The van der Waals surface area contributed by atoms with Gasteiger partial charge in [0.2, 0.25) is 0 Å². The van der Waals surface area contributed by atoms with Crippen molar-refractivity contribution in [3.63, 3.8) is 0 Å². The number of nitrogens with one attached hydrogen (secondary N) is 1. The Hall–Kier alpha value is -2.88. The summed E-state index contributed by atoms with van der Waals surface area (Å²) < 4.78 is 5.92. The van der Waals surface area contributed by atoms with E-state index in [1.807, 2.05) is 12.1 Å². The summed E-state index contributed by atoms with van der Waals surface area (Å²) in [4.78, 5) is 0. The Morgan fingerprint density at radius 2 is 1.43 bits per heavy atom. The molecule has 1 unspecified atom stereocenters. The quantitative estimate of drug-likeness (QED) is 0.298. The molecule has 4 rings (SSSR count). The summed E-state index contributed by atoms with van der Waals surface area (Å²) >= 11 is 0. The molecule has 0 aromatic heterocycles. The number of hydrogen-bond acceptors (Lipinski definition) is 3. The van der Waals surface area contributed by atoms with Crippen LogP contribution in [-0.2, 0) is 0 Å². The van der Waals surface area contributed by atoms with Crippen molar-refractivity contribution in [2.45, 2.75) is 51.6 Å². The van der Waals surface area contributed by atoms with Crippen molar-refractivity contribution in [1.82, 2.24) is 5.32 Å². The zero-order valence-corrected chi connectivity index (χ0v) is 21.0. The Balaban J connectivity index is 1.42. The molecule has 0 saturated heterocycles. The fourth-order valence-electron chi connectivity index (χ4n) is 5.10. The van der Waals surface area contributed by atoms with Gasteiger partial charge >= 0.3 is 0 Å². The van der Waals surface area contributed by atoms with E-state index in [9.17, 15) is 5.11 Å². The zero-order chi connectivity index (χ0) is 24.3. The predicted molar refractivity (Wildman–Crippen MR) is 146 cm³/mol. The third-order valence-electron chi connectivity index (χ3n) is 6.96. The fourth-order valence-corrected chi connectivity index (χ4v) is 5.10. The van der Waals surface area contributed by atoms with Gasteiger partial charge in [0.25, 0.3) is 0 Å². The van der Waals surface area contributed by atoms with Crippen molar-refractivity contribution in [3.8, 4) is 5.75 Å². The van der Waals surface area contributed by atoms with E-state index in [0.717, 1.165) is 24.6 Å². The molecule has 1 aliphatic rings. The van der Waals surface area contributed by atoms with E-state index in [1.54, 1.807) is 0 Å². The van der Waals surface area contributed by atoms with Crippen LogP contribution in [0, 0.1) is 5.92 Å². The van der Waals surface area contributed by atoms with Crippen LogP contribution in [0.2, 0.25) is 0 Å². The third-order valence-corrected chi connectivity index (χ3v) is 6.96. The molecule has 0 spiro atoms. The van der Waals surface area contributed by atoms with E-state index >= 15 is 0 Å². The molecule has 2 N–H and O–H groups in total. The number of hydrogen-bond donors (Lipinski definition) is 2. The Labute approximate surface area is 210 Å². The van der Waals surface area contributed by atoms with E-state index < -0.39 is 6.10 Å². The summed E-state index contributed by atoms with van der Waals surface area (Å²) in [7, 11) is 0. The molecule has 1 aliphatic carbocycles. The van der Waals surface area contributed by atoms with E-state index in [4.69, 9.17) is 4.74 Å². The summed E-state index contributed by atoms with van der Waals surface area (Å²) in [5, 5.41) is 13.8. The largest absolute Gasteiger partial charge is 0.491 e. The first-order valence-corrected chi connectivity index (χ1v) is 13.2. The van der Waals surface area contributed by atoms with Crippen molar-refractivity contribution in [2.75, 3.05) is 19.7 Å². The van der Waals surface area contributed by atoms with Gasteiger partial charge in [-0.3, -0.25) is 0 Å². The van der Waals surface area contributed by atoms with Crippen molar-refractivity contribution >= 4 is 11.1 Å². The Kier molecular flexibility index (Phi) is 9.56. The van der Waals surface area contributed by atoms with Crippen molar-refractivity contribution in [3.05, 3.63) is 102 Å². The molecule has 1 fully saturated rings. The standard InChI is InChI=1S/C32H39NO2/c1-2-31(26-14-8-4-9-15-26)32(27-16-10-5-11-17-27)28-18-20-30(21-19-28)35-24-29(34)23-33-22-25-12-6-3-7-13-25/h4-5,8-11,14-21,25,29,33-34H,2-3,6-7,12-13,22-24H2,1H3/b32-31-. The zero-order valence-electron chi connectivity index (χ0n) is 21.0. The average molecular weight is 470 g/mol. The second-order valence-corrected chi connectivity index (χ2v) is 9.59. The smallest absolute Gasteiger partial charge is 0.119 e.